The molecule has 2 saturated heterocycles. The van der Waals surface area contributed by atoms with E-state index in [9.17, 15) is 4.57 Å². The Morgan fingerprint density at radius 2 is 1.11 bits per heavy atom. The number of nitrogens with zero attached hydrogens (tertiary/aromatic N) is 2. The van der Waals surface area contributed by atoms with Crippen LogP contribution in [0.1, 0.15) is 0 Å². The van der Waals surface area contributed by atoms with Gasteiger partial charge in [-0.05, 0) is 9.25 Å². The summed E-state index contributed by atoms with van der Waals surface area (Å²) >= 11 is 0. The Bertz CT molecular complexity index is 218. The molecule has 2 fully saturated rings. The summed E-state index contributed by atoms with van der Waals surface area (Å²) in [5.74, 6) is 0. The van der Waals surface area contributed by atoms with Crippen LogP contribution in [0.2, 0.25) is 0 Å². The van der Waals surface area contributed by atoms with E-state index in [1.165, 1.54) is 0 Å². The minimum Gasteiger partial charge on any atom is -0.379 e. The van der Waals surface area contributed by atoms with Crippen LogP contribution in [0.4, 0.5) is 0 Å². The SMILES string of the molecule is Br.Br.O=[P+](ON1CCOCC1)ON1CCOCC1. The topological polar surface area (TPSA) is 60.5 Å². The maximum absolute atomic E-state index is 11.5. The first-order valence-corrected chi connectivity index (χ1v) is 6.43. The van der Waals surface area contributed by atoms with Crippen molar-refractivity contribution < 1.29 is 23.3 Å². The average molecular weight is 413 g/mol. The molecule has 10 heteroatoms. The Morgan fingerprint density at radius 1 is 0.778 bits per heavy atom. The van der Waals surface area contributed by atoms with E-state index in [2.05, 4.69) is 0 Å². The number of hydrogen-bond donors (Lipinski definition) is 0. The first kappa shape index (κ1) is 18.8. The van der Waals surface area contributed by atoms with E-state index < -0.39 is 8.25 Å². The Balaban J connectivity index is 0.00000144. The summed E-state index contributed by atoms with van der Waals surface area (Å²) in [7, 11) is -2.14. The molecule has 0 N–H and O–H groups in total. The van der Waals surface area contributed by atoms with E-state index in [-0.39, 0.29) is 34.0 Å². The number of rotatable bonds is 4. The van der Waals surface area contributed by atoms with E-state index in [1.54, 1.807) is 10.1 Å². The minimum atomic E-state index is -2.14. The lowest BCUT2D eigenvalue weighted by Crippen LogP contribution is -2.37. The number of hydroxylamine groups is 4. The lowest BCUT2D eigenvalue weighted by Gasteiger charge is -2.21. The van der Waals surface area contributed by atoms with Gasteiger partial charge in [0.15, 0.2) is 0 Å². The predicted molar refractivity (Wildman–Crippen MR) is 75.2 cm³/mol. The molecule has 0 unspecified atom stereocenters. The zero-order valence-electron chi connectivity index (χ0n) is 9.86. The minimum absolute atomic E-state index is 0. The molecular weight excluding hydrogens is 395 g/mol. The van der Waals surface area contributed by atoms with Gasteiger partial charge in [0.25, 0.3) is 0 Å². The molecule has 0 aliphatic carbocycles. The number of morpholine rings is 2. The monoisotopic (exact) mass is 411 g/mol. The third-order valence-corrected chi connectivity index (χ3v) is 3.03. The molecule has 0 amide bonds. The first-order valence-electron chi connectivity index (χ1n) is 5.33. The zero-order chi connectivity index (χ0) is 11.2. The van der Waals surface area contributed by atoms with Crippen LogP contribution in [0.3, 0.4) is 0 Å². The first-order chi connectivity index (χ1) is 7.84. The highest BCUT2D eigenvalue weighted by molar-refractivity contribution is 8.93. The van der Waals surface area contributed by atoms with Gasteiger partial charge in [-0.15, -0.1) is 44.1 Å². The average Bonchev–Trinajstić information content (AvgIpc) is 2.31. The standard InChI is InChI=1S/C8H16N2O5P.2BrH/c11-16(14-9-1-5-12-6-2-9)15-10-3-7-13-8-4-10;;/h1-8H2;2*1H/q+1;;. The third-order valence-electron chi connectivity index (χ3n) is 2.30. The van der Waals surface area contributed by atoms with Crippen molar-refractivity contribution in [3.05, 3.63) is 0 Å². The van der Waals surface area contributed by atoms with E-state index in [1.807, 2.05) is 0 Å². The van der Waals surface area contributed by atoms with Crippen molar-refractivity contribution in [2.45, 2.75) is 0 Å². The maximum Gasteiger partial charge on any atom is 0.735 e. The van der Waals surface area contributed by atoms with Gasteiger partial charge in [0.05, 0.1) is 52.6 Å². The molecule has 2 aliphatic rings. The molecular formula is C8H18Br2N2O5P+. The van der Waals surface area contributed by atoms with E-state index in [0.29, 0.717) is 52.6 Å². The number of hydrogen-bond acceptors (Lipinski definition) is 7. The summed E-state index contributed by atoms with van der Waals surface area (Å²) in [6.07, 6.45) is 0. The van der Waals surface area contributed by atoms with Crippen LogP contribution < -0.4 is 0 Å². The maximum atomic E-state index is 11.5. The van der Waals surface area contributed by atoms with Crippen molar-refractivity contribution in [1.29, 1.82) is 0 Å². The summed E-state index contributed by atoms with van der Waals surface area (Å²) in [5.41, 5.74) is 0. The largest absolute Gasteiger partial charge is 0.735 e. The Labute approximate surface area is 128 Å². The van der Waals surface area contributed by atoms with Gasteiger partial charge < -0.3 is 9.47 Å². The Kier molecular flexibility index (Phi) is 11.1. The normalized spacial score (nSPS) is 21.8. The molecule has 2 aliphatic heterocycles. The number of halogens is 2. The molecule has 2 heterocycles. The van der Waals surface area contributed by atoms with Crippen LogP contribution >= 0.6 is 42.2 Å². The van der Waals surface area contributed by atoms with Crippen molar-refractivity contribution in [1.82, 2.24) is 10.1 Å². The highest BCUT2D eigenvalue weighted by atomic mass is 79.9. The second kappa shape index (κ2) is 10.6. The van der Waals surface area contributed by atoms with Crippen molar-refractivity contribution in [2.24, 2.45) is 0 Å². The van der Waals surface area contributed by atoms with Gasteiger partial charge in [-0.3, -0.25) is 0 Å². The van der Waals surface area contributed by atoms with Crippen LogP contribution in [-0.4, -0.2) is 62.7 Å². The molecule has 0 aromatic rings. The highest BCUT2D eigenvalue weighted by Gasteiger charge is 2.32. The van der Waals surface area contributed by atoms with Crippen LogP contribution in [0.15, 0.2) is 0 Å². The molecule has 0 bridgehead atoms. The van der Waals surface area contributed by atoms with Gasteiger partial charge in [0.2, 0.25) is 0 Å². The van der Waals surface area contributed by atoms with Gasteiger partial charge in [-0.1, -0.05) is 0 Å². The predicted octanol–water partition coefficient (Wildman–Crippen LogP) is 1.33. The second-order valence-corrected chi connectivity index (χ2v) is 4.24. The van der Waals surface area contributed by atoms with Crippen molar-refractivity contribution in [2.75, 3.05) is 52.6 Å². The second-order valence-electron chi connectivity index (χ2n) is 3.47. The van der Waals surface area contributed by atoms with Crippen molar-refractivity contribution >= 4 is 42.2 Å². The Morgan fingerprint density at radius 3 is 1.44 bits per heavy atom. The molecule has 0 saturated carbocycles. The third kappa shape index (κ3) is 6.83. The van der Waals surface area contributed by atoms with Crippen LogP contribution in [0.25, 0.3) is 0 Å². The van der Waals surface area contributed by atoms with E-state index >= 15 is 0 Å². The van der Waals surface area contributed by atoms with Gasteiger partial charge in [0.1, 0.15) is 0 Å². The molecule has 0 aromatic heterocycles. The fourth-order valence-corrected chi connectivity index (χ4v) is 2.19. The quantitative estimate of drug-likeness (QED) is 0.645. The summed E-state index contributed by atoms with van der Waals surface area (Å²) in [5, 5.41) is 3.23. The van der Waals surface area contributed by atoms with Gasteiger partial charge in [-0.25, -0.2) is 0 Å². The van der Waals surface area contributed by atoms with E-state index in [0.717, 1.165) is 0 Å². The van der Waals surface area contributed by atoms with Gasteiger partial charge >= 0.3 is 8.25 Å². The summed E-state index contributed by atoms with van der Waals surface area (Å²) in [6, 6.07) is 0. The van der Waals surface area contributed by atoms with E-state index in [4.69, 9.17) is 18.7 Å². The van der Waals surface area contributed by atoms with Gasteiger partial charge in [0, 0.05) is 4.57 Å². The zero-order valence-corrected chi connectivity index (χ0v) is 14.2. The smallest absolute Gasteiger partial charge is 0.379 e. The molecule has 0 radical (unpaired) electrons. The molecule has 0 atom stereocenters. The van der Waals surface area contributed by atoms with Crippen LogP contribution in [0.5, 0.6) is 0 Å². The van der Waals surface area contributed by atoms with Crippen molar-refractivity contribution in [3.8, 4) is 0 Å². The highest BCUT2D eigenvalue weighted by Crippen LogP contribution is 2.27. The Hall–Kier alpha value is 0.820. The lowest BCUT2D eigenvalue weighted by atomic mass is 10.5. The molecule has 7 nitrogen and oxygen atoms in total. The molecule has 108 valence electrons. The molecule has 2 rings (SSSR count). The fourth-order valence-electron chi connectivity index (χ4n) is 1.46. The number of ether oxygens (including phenoxy) is 2. The van der Waals surface area contributed by atoms with Crippen LogP contribution in [0, 0.1) is 0 Å². The lowest BCUT2D eigenvalue weighted by molar-refractivity contribution is -0.159. The summed E-state index contributed by atoms with van der Waals surface area (Å²) in [4.78, 5) is 0. The fraction of sp³-hybridized carbons (Fsp3) is 1.00. The summed E-state index contributed by atoms with van der Waals surface area (Å²) in [6.45, 7) is 4.87. The molecule has 0 spiro atoms. The van der Waals surface area contributed by atoms with Gasteiger partial charge in [-0.2, -0.15) is 0 Å². The van der Waals surface area contributed by atoms with Crippen LogP contribution in [-0.2, 0) is 23.3 Å². The van der Waals surface area contributed by atoms with Crippen molar-refractivity contribution in [3.63, 3.8) is 0 Å². The summed E-state index contributed by atoms with van der Waals surface area (Å²) < 4.78 is 32.1. The molecule has 0 aromatic carbocycles. The molecule has 18 heavy (non-hydrogen) atoms.